The van der Waals surface area contributed by atoms with Gasteiger partial charge < -0.3 is 4.74 Å². The fraction of sp³-hybridized carbons (Fsp3) is 0.519. The van der Waals surface area contributed by atoms with Gasteiger partial charge in [-0.2, -0.15) is 0 Å². The topological polar surface area (TPSA) is 26.3 Å². The van der Waals surface area contributed by atoms with Crippen LogP contribution in [0.1, 0.15) is 99.5 Å². The van der Waals surface area contributed by atoms with Crippen molar-refractivity contribution in [2.75, 3.05) is 7.11 Å². The number of carbonyl (C=O) groups excluding carboxylic acids is 1. The van der Waals surface area contributed by atoms with Crippen molar-refractivity contribution in [1.82, 2.24) is 0 Å². The lowest BCUT2D eigenvalue weighted by Gasteiger charge is -2.33. The number of fused-ring (bicyclic) bond motifs is 3. The summed E-state index contributed by atoms with van der Waals surface area (Å²) in [5.41, 5.74) is 6.02. The van der Waals surface area contributed by atoms with Crippen LogP contribution in [0.3, 0.4) is 0 Å². The molecule has 0 radical (unpaired) electrons. The van der Waals surface area contributed by atoms with E-state index in [9.17, 15) is 4.79 Å². The summed E-state index contributed by atoms with van der Waals surface area (Å²) >= 11 is 3.72. The number of hydrogen-bond donors (Lipinski definition) is 0. The van der Waals surface area contributed by atoms with Crippen molar-refractivity contribution in [2.24, 2.45) is 0 Å². The Hall–Kier alpha value is -1.61. The van der Waals surface area contributed by atoms with Gasteiger partial charge in [-0.25, -0.2) is 4.79 Å². The molecular weight excluding hydrogens is 436 g/mol. The molecule has 162 valence electrons. The smallest absolute Gasteiger partial charge is 0.337 e. The first-order chi connectivity index (χ1) is 14.6. The lowest BCUT2D eigenvalue weighted by Crippen LogP contribution is -2.26. The number of benzene rings is 2. The van der Waals surface area contributed by atoms with Crippen LogP contribution in [0, 0.1) is 0 Å². The fourth-order valence-electron chi connectivity index (χ4n) is 5.08. The van der Waals surface area contributed by atoms with Gasteiger partial charge in [-0.05, 0) is 59.4 Å². The summed E-state index contributed by atoms with van der Waals surface area (Å²) < 4.78 is 6.17. The van der Waals surface area contributed by atoms with Crippen LogP contribution in [0.5, 0.6) is 0 Å². The van der Waals surface area contributed by atoms with Gasteiger partial charge in [0, 0.05) is 9.89 Å². The standard InChI is InChI=1S/C27H35BrO2/c1-4-6-8-10-16-27(17-11-9-7-5-2)24-18-20(26(29)30-3)12-14-22(24)23-15-13-21(28)19-25(23)27/h12-15,18-19H,4-11,16-17H2,1-3H3. The Morgan fingerprint density at radius 1 is 0.833 bits per heavy atom. The third-order valence-corrected chi connectivity index (χ3v) is 7.15. The van der Waals surface area contributed by atoms with Crippen molar-refractivity contribution in [3.63, 3.8) is 0 Å². The van der Waals surface area contributed by atoms with Gasteiger partial charge in [-0.3, -0.25) is 0 Å². The maximum atomic E-state index is 12.3. The molecule has 0 saturated carbocycles. The normalized spacial score (nSPS) is 13.7. The predicted molar refractivity (Wildman–Crippen MR) is 129 cm³/mol. The second-order valence-corrected chi connectivity index (χ2v) is 9.56. The summed E-state index contributed by atoms with van der Waals surface area (Å²) in [6, 6.07) is 12.9. The zero-order valence-corrected chi connectivity index (χ0v) is 20.3. The predicted octanol–water partition coefficient (Wildman–Crippen LogP) is 8.44. The Morgan fingerprint density at radius 2 is 1.40 bits per heavy atom. The van der Waals surface area contributed by atoms with Crippen molar-refractivity contribution in [3.8, 4) is 11.1 Å². The van der Waals surface area contributed by atoms with Crippen LogP contribution in [-0.2, 0) is 10.2 Å². The third kappa shape index (κ3) is 4.66. The number of hydrogen-bond acceptors (Lipinski definition) is 2. The van der Waals surface area contributed by atoms with Crippen molar-refractivity contribution in [2.45, 2.75) is 83.5 Å². The highest BCUT2D eigenvalue weighted by atomic mass is 79.9. The summed E-state index contributed by atoms with van der Waals surface area (Å²) in [4.78, 5) is 12.3. The molecule has 0 spiro atoms. The number of halogens is 1. The van der Waals surface area contributed by atoms with Gasteiger partial charge >= 0.3 is 5.97 Å². The molecule has 2 aromatic carbocycles. The molecule has 2 nitrogen and oxygen atoms in total. The molecule has 0 unspecified atom stereocenters. The molecule has 0 N–H and O–H groups in total. The van der Waals surface area contributed by atoms with E-state index >= 15 is 0 Å². The van der Waals surface area contributed by atoms with Crippen molar-refractivity contribution in [3.05, 3.63) is 57.6 Å². The Morgan fingerprint density at radius 3 is 1.97 bits per heavy atom. The molecule has 30 heavy (non-hydrogen) atoms. The molecule has 0 aliphatic heterocycles. The average molecular weight is 471 g/mol. The maximum absolute atomic E-state index is 12.3. The molecule has 3 rings (SSSR count). The molecule has 1 aliphatic carbocycles. The van der Waals surface area contributed by atoms with Crippen LogP contribution in [0.15, 0.2) is 40.9 Å². The highest BCUT2D eigenvalue weighted by Gasteiger charge is 2.42. The van der Waals surface area contributed by atoms with Gasteiger partial charge in [0.15, 0.2) is 0 Å². The highest BCUT2D eigenvalue weighted by molar-refractivity contribution is 9.10. The Bertz CT molecular complexity index is 859. The maximum Gasteiger partial charge on any atom is 0.337 e. The summed E-state index contributed by atoms with van der Waals surface area (Å²) in [7, 11) is 1.46. The Balaban J connectivity index is 2.09. The molecule has 0 bridgehead atoms. The van der Waals surface area contributed by atoms with E-state index in [1.165, 1.54) is 80.7 Å². The van der Waals surface area contributed by atoms with Gasteiger partial charge in [0.1, 0.15) is 0 Å². The molecule has 0 atom stereocenters. The molecular formula is C27H35BrO2. The Labute approximate surface area is 190 Å². The van der Waals surface area contributed by atoms with E-state index in [1.54, 1.807) is 0 Å². The van der Waals surface area contributed by atoms with Crippen molar-refractivity contribution < 1.29 is 9.53 Å². The van der Waals surface area contributed by atoms with Crippen molar-refractivity contribution >= 4 is 21.9 Å². The molecule has 0 saturated heterocycles. The number of carbonyl (C=O) groups is 1. The first-order valence-electron chi connectivity index (χ1n) is 11.6. The quantitative estimate of drug-likeness (QED) is 0.243. The third-order valence-electron chi connectivity index (χ3n) is 6.66. The van der Waals surface area contributed by atoms with Crippen LogP contribution in [-0.4, -0.2) is 13.1 Å². The van der Waals surface area contributed by atoms with Crippen LogP contribution in [0.25, 0.3) is 11.1 Å². The minimum Gasteiger partial charge on any atom is -0.465 e. The van der Waals surface area contributed by atoms with E-state index in [1.807, 2.05) is 6.07 Å². The zero-order valence-electron chi connectivity index (χ0n) is 18.7. The molecule has 3 heteroatoms. The lowest BCUT2D eigenvalue weighted by atomic mass is 9.70. The first-order valence-corrected chi connectivity index (χ1v) is 12.4. The zero-order chi connectivity index (χ0) is 21.6. The molecule has 2 aromatic rings. The molecule has 0 amide bonds. The average Bonchev–Trinajstić information content (AvgIpc) is 3.02. The van der Waals surface area contributed by atoms with E-state index in [2.05, 4.69) is 60.1 Å². The summed E-state index contributed by atoms with van der Waals surface area (Å²) in [6.07, 6.45) is 12.3. The second kappa shape index (κ2) is 10.6. The summed E-state index contributed by atoms with van der Waals surface area (Å²) in [5.74, 6) is -0.249. The van der Waals surface area contributed by atoms with Gasteiger partial charge in [0.05, 0.1) is 12.7 Å². The van der Waals surface area contributed by atoms with E-state index in [-0.39, 0.29) is 11.4 Å². The van der Waals surface area contributed by atoms with E-state index in [4.69, 9.17) is 4.74 Å². The number of ether oxygens (including phenoxy) is 1. The van der Waals surface area contributed by atoms with Crippen LogP contribution < -0.4 is 0 Å². The summed E-state index contributed by atoms with van der Waals surface area (Å²) in [5, 5.41) is 0. The van der Waals surface area contributed by atoms with Gasteiger partial charge in [0.2, 0.25) is 0 Å². The van der Waals surface area contributed by atoms with Crippen LogP contribution in [0.4, 0.5) is 0 Å². The number of esters is 1. The molecule has 0 heterocycles. The van der Waals surface area contributed by atoms with Gasteiger partial charge in [-0.1, -0.05) is 93.3 Å². The highest BCUT2D eigenvalue weighted by Crippen LogP contribution is 2.55. The largest absolute Gasteiger partial charge is 0.465 e. The van der Waals surface area contributed by atoms with E-state index in [0.717, 1.165) is 17.3 Å². The minimum atomic E-state index is -0.249. The van der Waals surface area contributed by atoms with Gasteiger partial charge in [0.25, 0.3) is 0 Å². The molecule has 1 aliphatic rings. The monoisotopic (exact) mass is 470 g/mol. The lowest BCUT2D eigenvalue weighted by molar-refractivity contribution is 0.0600. The number of methoxy groups -OCH3 is 1. The SMILES string of the molecule is CCCCCCC1(CCCCCC)c2cc(Br)ccc2-c2ccc(C(=O)OC)cc21. The van der Waals surface area contributed by atoms with Crippen molar-refractivity contribution in [1.29, 1.82) is 0 Å². The second-order valence-electron chi connectivity index (χ2n) is 8.65. The van der Waals surface area contributed by atoms with Crippen LogP contribution in [0.2, 0.25) is 0 Å². The minimum absolute atomic E-state index is 0.0139. The van der Waals surface area contributed by atoms with Gasteiger partial charge in [-0.15, -0.1) is 0 Å². The fourth-order valence-corrected chi connectivity index (χ4v) is 5.44. The number of unbranched alkanes of at least 4 members (excludes halogenated alkanes) is 6. The molecule has 0 fully saturated rings. The molecule has 0 aromatic heterocycles. The van der Waals surface area contributed by atoms with E-state index in [0.29, 0.717) is 5.56 Å². The summed E-state index contributed by atoms with van der Waals surface area (Å²) in [6.45, 7) is 4.53. The van der Waals surface area contributed by atoms with E-state index < -0.39 is 0 Å². The Kier molecular flexibility index (Phi) is 8.16. The number of rotatable bonds is 11. The first kappa shape index (κ1) is 23.1. The van der Waals surface area contributed by atoms with Crippen LogP contribution >= 0.6 is 15.9 Å².